The SMILES string of the molecule is CCCCc1nnc(NC(=O)CN(C)CC2(O)CCCC2)s1. The summed E-state index contributed by atoms with van der Waals surface area (Å²) in [6.45, 7) is 2.93. The van der Waals surface area contributed by atoms with Crippen LogP contribution in [0.1, 0.15) is 50.5 Å². The molecule has 1 heterocycles. The van der Waals surface area contributed by atoms with Gasteiger partial charge in [0.25, 0.3) is 0 Å². The fraction of sp³-hybridized carbons (Fsp3) is 0.800. The second-order valence-electron chi connectivity index (χ2n) is 6.26. The third kappa shape index (κ3) is 5.30. The first kappa shape index (κ1) is 17.3. The van der Waals surface area contributed by atoms with Gasteiger partial charge in [-0.3, -0.25) is 15.0 Å². The van der Waals surface area contributed by atoms with Gasteiger partial charge in [-0.2, -0.15) is 0 Å². The van der Waals surface area contributed by atoms with E-state index in [2.05, 4.69) is 22.4 Å². The van der Waals surface area contributed by atoms with Crippen molar-refractivity contribution in [3.63, 3.8) is 0 Å². The summed E-state index contributed by atoms with van der Waals surface area (Å²) in [6.07, 6.45) is 6.92. The highest BCUT2D eigenvalue weighted by Gasteiger charge is 2.32. The molecule has 1 aliphatic rings. The molecule has 0 aliphatic heterocycles. The number of likely N-dealkylation sites (N-methyl/N-ethyl adjacent to an activating group) is 1. The molecule has 22 heavy (non-hydrogen) atoms. The Morgan fingerprint density at radius 1 is 1.41 bits per heavy atom. The number of aliphatic hydroxyl groups is 1. The lowest BCUT2D eigenvalue weighted by molar-refractivity contribution is -0.117. The molecular weight excluding hydrogens is 300 g/mol. The van der Waals surface area contributed by atoms with Gasteiger partial charge in [-0.05, 0) is 26.3 Å². The lowest BCUT2D eigenvalue weighted by Crippen LogP contribution is -2.42. The van der Waals surface area contributed by atoms with Crippen LogP contribution in [0.2, 0.25) is 0 Å². The summed E-state index contributed by atoms with van der Waals surface area (Å²) in [5, 5.41) is 22.8. The van der Waals surface area contributed by atoms with Crippen LogP contribution >= 0.6 is 11.3 Å². The number of aryl methyl sites for hydroxylation is 1. The topological polar surface area (TPSA) is 78.4 Å². The summed E-state index contributed by atoms with van der Waals surface area (Å²) in [5.41, 5.74) is -0.620. The zero-order valence-electron chi connectivity index (χ0n) is 13.5. The minimum Gasteiger partial charge on any atom is -0.389 e. The summed E-state index contributed by atoms with van der Waals surface area (Å²) in [5.74, 6) is -0.109. The number of carbonyl (C=O) groups excluding carboxylic acids is 1. The van der Waals surface area contributed by atoms with Gasteiger partial charge in [-0.25, -0.2) is 0 Å². The number of aromatic nitrogens is 2. The monoisotopic (exact) mass is 326 g/mol. The van der Waals surface area contributed by atoms with Crippen molar-refractivity contribution < 1.29 is 9.90 Å². The van der Waals surface area contributed by atoms with Crippen molar-refractivity contribution in [1.29, 1.82) is 0 Å². The van der Waals surface area contributed by atoms with Crippen LogP contribution < -0.4 is 5.32 Å². The number of anilines is 1. The molecule has 1 aromatic rings. The van der Waals surface area contributed by atoms with Gasteiger partial charge in [0, 0.05) is 13.0 Å². The Kier molecular flexibility index (Phi) is 6.28. The third-order valence-electron chi connectivity index (χ3n) is 3.97. The van der Waals surface area contributed by atoms with Crippen LogP contribution in [0.15, 0.2) is 0 Å². The van der Waals surface area contributed by atoms with E-state index in [-0.39, 0.29) is 12.5 Å². The lowest BCUT2D eigenvalue weighted by atomic mass is 10.0. The first-order valence-corrected chi connectivity index (χ1v) is 8.85. The van der Waals surface area contributed by atoms with Crippen molar-refractivity contribution in [3.05, 3.63) is 5.01 Å². The molecule has 124 valence electrons. The van der Waals surface area contributed by atoms with Gasteiger partial charge in [-0.15, -0.1) is 10.2 Å². The standard InChI is InChI=1S/C15H26N4O2S/c1-3-4-7-13-17-18-14(22-13)16-12(20)10-19(2)11-15(21)8-5-6-9-15/h21H,3-11H2,1-2H3,(H,16,18,20). The van der Waals surface area contributed by atoms with Crippen LogP contribution in [0, 0.1) is 0 Å². The van der Waals surface area contributed by atoms with Gasteiger partial charge in [0.2, 0.25) is 11.0 Å². The molecule has 1 aromatic heterocycles. The maximum absolute atomic E-state index is 12.0. The Bertz CT molecular complexity index is 486. The highest BCUT2D eigenvalue weighted by Crippen LogP contribution is 2.29. The minimum absolute atomic E-state index is 0.109. The number of nitrogens with one attached hydrogen (secondary N) is 1. The zero-order valence-corrected chi connectivity index (χ0v) is 14.3. The molecule has 0 unspecified atom stereocenters. The summed E-state index contributed by atoms with van der Waals surface area (Å²) in [4.78, 5) is 13.9. The molecule has 0 atom stereocenters. The van der Waals surface area contributed by atoms with E-state index in [9.17, 15) is 9.90 Å². The zero-order chi connectivity index (χ0) is 16.0. The highest BCUT2D eigenvalue weighted by molar-refractivity contribution is 7.15. The maximum Gasteiger partial charge on any atom is 0.240 e. The molecule has 0 radical (unpaired) electrons. The Labute approximate surface area is 135 Å². The molecule has 1 aliphatic carbocycles. The molecule has 6 nitrogen and oxygen atoms in total. The van der Waals surface area contributed by atoms with Gasteiger partial charge in [0.1, 0.15) is 5.01 Å². The summed E-state index contributed by atoms with van der Waals surface area (Å²) in [6, 6.07) is 0. The third-order valence-corrected chi connectivity index (χ3v) is 4.87. The van der Waals surface area contributed by atoms with Gasteiger partial charge in [0.15, 0.2) is 0 Å². The van der Waals surface area contributed by atoms with Crippen molar-refractivity contribution in [2.24, 2.45) is 0 Å². The fourth-order valence-electron chi connectivity index (χ4n) is 2.89. The average molecular weight is 326 g/mol. The van der Waals surface area contributed by atoms with Crippen molar-refractivity contribution in [2.75, 3.05) is 25.5 Å². The van der Waals surface area contributed by atoms with E-state index in [1.54, 1.807) is 0 Å². The number of hydrogen-bond donors (Lipinski definition) is 2. The number of amides is 1. The Morgan fingerprint density at radius 3 is 2.82 bits per heavy atom. The molecule has 1 amide bonds. The predicted octanol–water partition coefficient (Wildman–Crippen LogP) is 2.06. The molecule has 0 bridgehead atoms. The molecule has 2 rings (SSSR count). The first-order chi connectivity index (χ1) is 10.5. The molecular formula is C15H26N4O2S. The van der Waals surface area contributed by atoms with Crippen molar-refractivity contribution in [3.8, 4) is 0 Å². The molecule has 0 saturated heterocycles. The number of rotatable bonds is 8. The Morgan fingerprint density at radius 2 is 2.14 bits per heavy atom. The molecule has 2 N–H and O–H groups in total. The van der Waals surface area contributed by atoms with E-state index < -0.39 is 5.60 Å². The van der Waals surface area contributed by atoms with Gasteiger partial charge >= 0.3 is 0 Å². The largest absolute Gasteiger partial charge is 0.389 e. The Balaban J connectivity index is 1.75. The number of carbonyl (C=O) groups is 1. The van der Waals surface area contributed by atoms with E-state index in [0.717, 1.165) is 50.0 Å². The van der Waals surface area contributed by atoms with Gasteiger partial charge in [-0.1, -0.05) is 37.5 Å². The van der Waals surface area contributed by atoms with Crippen LogP contribution in [-0.4, -0.2) is 51.8 Å². The highest BCUT2D eigenvalue weighted by atomic mass is 32.1. The predicted molar refractivity (Wildman–Crippen MR) is 88.1 cm³/mol. The second kappa shape index (κ2) is 7.99. The van der Waals surface area contributed by atoms with E-state index >= 15 is 0 Å². The van der Waals surface area contributed by atoms with Crippen LogP contribution in [0.5, 0.6) is 0 Å². The van der Waals surface area contributed by atoms with Crippen molar-refractivity contribution in [1.82, 2.24) is 15.1 Å². The van der Waals surface area contributed by atoms with Crippen molar-refractivity contribution >= 4 is 22.4 Å². The normalized spacial score (nSPS) is 17.1. The molecule has 1 saturated carbocycles. The number of unbranched alkanes of at least 4 members (excludes halogenated alkanes) is 1. The number of hydrogen-bond acceptors (Lipinski definition) is 6. The minimum atomic E-state index is -0.620. The summed E-state index contributed by atoms with van der Waals surface area (Å²) in [7, 11) is 1.86. The maximum atomic E-state index is 12.0. The lowest BCUT2D eigenvalue weighted by Gasteiger charge is -2.27. The van der Waals surface area contributed by atoms with Crippen molar-refractivity contribution in [2.45, 2.75) is 57.5 Å². The van der Waals surface area contributed by atoms with Gasteiger partial charge in [0.05, 0.1) is 12.1 Å². The fourth-order valence-corrected chi connectivity index (χ4v) is 3.68. The number of nitrogens with zero attached hydrogens (tertiary/aromatic N) is 3. The van der Waals surface area contributed by atoms with E-state index in [1.807, 2.05) is 11.9 Å². The molecule has 7 heteroatoms. The quantitative estimate of drug-likeness (QED) is 0.764. The van der Waals surface area contributed by atoms with Crippen LogP contribution in [-0.2, 0) is 11.2 Å². The van der Waals surface area contributed by atoms with Crippen LogP contribution in [0.4, 0.5) is 5.13 Å². The molecule has 0 aromatic carbocycles. The first-order valence-electron chi connectivity index (χ1n) is 8.04. The second-order valence-corrected chi connectivity index (χ2v) is 7.32. The average Bonchev–Trinajstić information content (AvgIpc) is 3.05. The smallest absolute Gasteiger partial charge is 0.240 e. The summed E-state index contributed by atoms with van der Waals surface area (Å²) >= 11 is 1.44. The van der Waals surface area contributed by atoms with E-state index in [0.29, 0.717) is 11.7 Å². The summed E-state index contributed by atoms with van der Waals surface area (Å²) < 4.78 is 0. The molecule has 0 spiro atoms. The molecule has 1 fully saturated rings. The van der Waals surface area contributed by atoms with E-state index in [1.165, 1.54) is 11.3 Å². The van der Waals surface area contributed by atoms with Gasteiger partial charge < -0.3 is 5.11 Å². The van der Waals surface area contributed by atoms with E-state index in [4.69, 9.17) is 0 Å². The Hall–Kier alpha value is -1.05. The van der Waals surface area contributed by atoms with Crippen LogP contribution in [0.25, 0.3) is 0 Å². The van der Waals surface area contributed by atoms with Crippen LogP contribution in [0.3, 0.4) is 0 Å².